The fourth-order valence-electron chi connectivity index (χ4n) is 3.48. The van der Waals surface area contributed by atoms with Crippen LogP contribution in [0.1, 0.15) is 41.9 Å². The van der Waals surface area contributed by atoms with Crippen LogP contribution in [0.5, 0.6) is 0 Å². The minimum absolute atomic E-state index is 0.204. The molecule has 2 N–H and O–H groups in total. The molecule has 1 aliphatic rings. The lowest BCUT2D eigenvalue weighted by Crippen LogP contribution is -2.37. The van der Waals surface area contributed by atoms with Crippen LogP contribution in [0.2, 0.25) is 5.02 Å². The Morgan fingerprint density at radius 1 is 1.26 bits per heavy atom. The number of carbonyl (C=O) groups excluding carboxylic acids is 1. The normalized spacial score (nSPS) is 17.0. The van der Waals surface area contributed by atoms with Crippen LogP contribution in [0.3, 0.4) is 0 Å². The molecule has 0 fully saturated rings. The molecule has 3 aromatic rings. The number of nitrogens with one attached hydrogen (secondary N) is 2. The van der Waals surface area contributed by atoms with Crippen molar-refractivity contribution in [1.82, 2.24) is 15.6 Å². The maximum Gasteiger partial charge on any atom is 0.251 e. The van der Waals surface area contributed by atoms with Crippen molar-refractivity contribution in [3.63, 3.8) is 0 Å². The molecule has 4 rings (SSSR count). The Kier molecular flexibility index (Phi) is 6.15. The third kappa shape index (κ3) is 4.52. The van der Waals surface area contributed by atoms with Crippen LogP contribution in [-0.2, 0) is 4.79 Å². The van der Waals surface area contributed by atoms with Crippen molar-refractivity contribution in [2.24, 2.45) is 4.99 Å². The fourth-order valence-corrected chi connectivity index (χ4v) is 4.32. The Hall–Kier alpha value is -3.03. The second-order valence-electron chi connectivity index (χ2n) is 7.18. The lowest BCUT2D eigenvalue weighted by atomic mass is 9.94. The van der Waals surface area contributed by atoms with Crippen LogP contribution < -0.4 is 10.6 Å². The summed E-state index contributed by atoms with van der Waals surface area (Å²) < 4.78 is 13.7. The van der Waals surface area contributed by atoms with Crippen LogP contribution in [0.4, 0.5) is 4.39 Å². The van der Waals surface area contributed by atoms with Gasteiger partial charge in [-0.3, -0.25) is 14.8 Å². The van der Waals surface area contributed by atoms with E-state index in [4.69, 9.17) is 16.6 Å². The molecule has 158 valence electrons. The molecule has 0 aliphatic carbocycles. The molecule has 0 unspecified atom stereocenters. The molecule has 5 nitrogen and oxygen atoms in total. The highest BCUT2D eigenvalue weighted by atomic mass is 35.5. The first-order valence-electron chi connectivity index (χ1n) is 9.69. The number of amides is 1. The van der Waals surface area contributed by atoms with Gasteiger partial charge in [0.05, 0.1) is 22.0 Å². The summed E-state index contributed by atoms with van der Waals surface area (Å²) in [5.74, 6) is -0.115. The number of aliphatic imine (C=N–C) groups is 1. The van der Waals surface area contributed by atoms with Gasteiger partial charge in [-0.05, 0) is 31.5 Å². The number of amidine groups is 1. The molecule has 0 saturated carbocycles. The number of nitrogens with zero attached hydrogens (tertiary/aromatic N) is 2. The van der Waals surface area contributed by atoms with E-state index in [9.17, 15) is 9.18 Å². The smallest absolute Gasteiger partial charge is 0.251 e. The van der Waals surface area contributed by atoms with Gasteiger partial charge < -0.3 is 10.6 Å². The molecule has 2 aromatic carbocycles. The Balaban J connectivity index is 1.72. The van der Waals surface area contributed by atoms with E-state index in [2.05, 4.69) is 15.6 Å². The van der Waals surface area contributed by atoms with Crippen LogP contribution in [0.25, 0.3) is 0 Å². The van der Waals surface area contributed by atoms with Crippen molar-refractivity contribution in [3.05, 3.63) is 98.4 Å². The second-order valence-corrected chi connectivity index (χ2v) is 8.47. The summed E-state index contributed by atoms with van der Waals surface area (Å²) in [5, 5.41) is 6.48. The van der Waals surface area contributed by atoms with E-state index >= 15 is 0 Å². The van der Waals surface area contributed by atoms with Crippen molar-refractivity contribution in [3.8, 4) is 0 Å². The van der Waals surface area contributed by atoms with Gasteiger partial charge in [-0.25, -0.2) is 4.39 Å². The standard InChI is InChI=1S/C23H20ClFN4OS/c1-13(15-6-4-3-5-7-15)28-23(30)20-14(2)27-22(19-11-26-12-31-19)29-21(20)17-9-8-16(25)10-18(17)24/h3-13,21H,1-2H3,(H,27,29)(H,28,30)/t13-,21-/m1/s1. The monoisotopic (exact) mass is 454 g/mol. The predicted molar refractivity (Wildman–Crippen MR) is 122 cm³/mol. The number of aromatic nitrogens is 1. The summed E-state index contributed by atoms with van der Waals surface area (Å²) in [5.41, 5.74) is 4.35. The minimum atomic E-state index is -0.686. The molecular formula is C23H20ClFN4OS. The van der Waals surface area contributed by atoms with E-state index in [1.807, 2.05) is 44.2 Å². The van der Waals surface area contributed by atoms with E-state index in [1.165, 1.54) is 23.5 Å². The van der Waals surface area contributed by atoms with Gasteiger partial charge >= 0.3 is 0 Å². The Morgan fingerprint density at radius 3 is 2.71 bits per heavy atom. The van der Waals surface area contributed by atoms with Gasteiger partial charge in [0.2, 0.25) is 0 Å². The SMILES string of the molecule is CC1=C(C(=O)N[C@H](C)c2ccccc2)[C@@H](c2ccc(F)cc2Cl)N=C(c2cncs2)N1. The van der Waals surface area contributed by atoms with Gasteiger partial charge in [0.25, 0.3) is 5.91 Å². The van der Waals surface area contributed by atoms with E-state index < -0.39 is 11.9 Å². The number of hydrogen-bond acceptors (Lipinski definition) is 5. The molecule has 8 heteroatoms. The van der Waals surface area contributed by atoms with Crippen LogP contribution in [0.15, 0.2) is 76.5 Å². The van der Waals surface area contributed by atoms with Crippen molar-refractivity contribution < 1.29 is 9.18 Å². The van der Waals surface area contributed by atoms with Crippen LogP contribution in [-0.4, -0.2) is 16.7 Å². The Labute approximate surface area is 188 Å². The van der Waals surface area contributed by atoms with Crippen LogP contribution >= 0.6 is 22.9 Å². The average molecular weight is 455 g/mol. The zero-order valence-electron chi connectivity index (χ0n) is 16.9. The van der Waals surface area contributed by atoms with Gasteiger partial charge in [0.15, 0.2) is 0 Å². The molecule has 0 saturated heterocycles. The first-order valence-corrected chi connectivity index (χ1v) is 10.9. The third-order valence-corrected chi connectivity index (χ3v) is 6.16. The summed E-state index contributed by atoms with van der Waals surface area (Å²) >= 11 is 7.79. The fraction of sp³-hybridized carbons (Fsp3) is 0.174. The maximum atomic E-state index is 13.7. The first-order chi connectivity index (χ1) is 14.9. The number of thiazole rings is 1. The molecular weight excluding hydrogens is 435 g/mol. The summed E-state index contributed by atoms with van der Waals surface area (Å²) in [6.07, 6.45) is 1.70. The molecule has 31 heavy (non-hydrogen) atoms. The number of benzene rings is 2. The van der Waals surface area contributed by atoms with Crippen molar-refractivity contribution in [2.45, 2.75) is 25.9 Å². The molecule has 2 heterocycles. The summed E-state index contributed by atoms with van der Waals surface area (Å²) in [4.78, 5) is 23.0. The first kappa shape index (κ1) is 21.2. The van der Waals surface area contributed by atoms with E-state index in [0.717, 1.165) is 10.4 Å². The maximum absolute atomic E-state index is 13.7. The topological polar surface area (TPSA) is 66.4 Å². The zero-order chi connectivity index (χ0) is 22.0. The molecule has 0 spiro atoms. The molecule has 1 aromatic heterocycles. The van der Waals surface area contributed by atoms with Gasteiger partial charge in [-0.2, -0.15) is 0 Å². The molecule has 2 atom stereocenters. The number of carbonyl (C=O) groups is 1. The highest BCUT2D eigenvalue weighted by Gasteiger charge is 2.32. The zero-order valence-corrected chi connectivity index (χ0v) is 18.5. The summed E-state index contributed by atoms with van der Waals surface area (Å²) in [6.45, 7) is 3.74. The van der Waals surface area contributed by atoms with E-state index in [0.29, 0.717) is 22.7 Å². The quantitative estimate of drug-likeness (QED) is 0.558. The van der Waals surface area contributed by atoms with Crippen molar-refractivity contribution >= 4 is 34.7 Å². The number of rotatable bonds is 5. The van der Waals surface area contributed by atoms with Crippen LogP contribution in [0, 0.1) is 5.82 Å². The third-order valence-electron chi connectivity index (χ3n) is 5.06. The predicted octanol–water partition coefficient (Wildman–Crippen LogP) is 5.18. The average Bonchev–Trinajstić information content (AvgIpc) is 3.28. The van der Waals surface area contributed by atoms with E-state index in [1.54, 1.807) is 17.8 Å². The largest absolute Gasteiger partial charge is 0.346 e. The highest BCUT2D eigenvalue weighted by molar-refractivity contribution is 7.11. The number of halogens is 2. The minimum Gasteiger partial charge on any atom is -0.346 e. The summed E-state index contributed by atoms with van der Waals surface area (Å²) in [7, 11) is 0. The Morgan fingerprint density at radius 2 is 2.03 bits per heavy atom. The van der Waals surface area contributed by atoms with Crippen molar-refractivity contribution in [2.75, 3.05) is 0 Å². The second kappa shape index (κ2) is 8.99. The van der Waals surface area contributed by atoms with Gasteiger partial charge in [0, 0.05) is 22.5 Å². The van der Waals surface area contributed by atoms with Crippen molar-refractivity contribution in [1.29, 1.82) is 0 Å². The number of allylic oxidation sites excluding steroid dienone is 1. The highest BCUT2D eigenvalue weighted by Crippen LogP contribution is 2.36. The van der Waals surface area contributed by atoms with Gasteiger partial charge in [-0.15, -0.1) is 11.3 Å². The summed E-state index contributed by atoms with van der Waals surface area (Å²) in [6, 6.07) is 12.9. The van der Waals surface area contributed by atoms with Gasteiger partial charge in [-0.1, -0.05) is 48.0 Å². The molecule has 0 bridgehead atoms. The lowest BCUT2D eigenvalue weighted by molar-refractivity contribution is -0.118. The molecule has 1 aliphatic heterocycles. The van der Waals surface area contributed by atoms with E-state index in [-0.39, 0.29) is 17.0 Å². The Bertz CT molecular complexity index is 1160. The molecule has 0 radical (unpaired) electrons. The molecule has 1 amide bonds. The number of hydrogen-bond donors (Lipinski definition) is 2. The lowest BCUT2D eigenvalue weighted by Gasteiger charge is -2.28. The van der Waals surface area contributed by atoms with Gasteiger partial charge in [0.1, 0.15) is 17.7 Å².